The van der Waals surface area contributed by atoms with Gasteiger partial charge in [-0.2, -0.15) is 0 Å². The standard InChI is InChI=1S/C36H84Si6.4C4H8O.Li/c1-29(2,3)39(25,30(4,5)6)37(40(26,31(7,8)9)32(10,11)12)38(41(27,33(13,14)15)34(16,17)18)42(28,35(19,20)21)36(22,23)24;4*1-2-4-5-3-1;/h1-28H3;4*1-4H2;/q-1;;;;;+1. The minimum atomic E-state index is -1.96. The third-order valence-electron chi connectivity index (χ3n) is 17.6. The summed E-state index contributed by atoms with van der Waals surface area (Å²) in [4.78, 5) is 0. The topological polar surface area (TPSA) is 36.9 Å². The molecule has 11 heteroatoms. The van der Waals surface area contributed by atoms with Crippen molar-refractivity contribution in [3.8, 4) is 0 Å². The maximum atomic E-state index is 4.94. The van der Waals surface area contributed by atoms with Crippen LogP contribution in [-0.4, -0.2) is 97.9 Å². The van der Waals surface area contributed by atoms with E-state index in [1.807, 2.05) is 0 Å². The molecule has 4 rings (SSSR count). The number of ether oxygens (including phenoxy) is 4. The first-order chi connectivity index (χ1) is 27.5. The molecule has 0 atom stereocenters. The summed E-state index contributed by atoms with van der Waals surface area (Å²) in [5, 5.41) is 2.86. The summed E-state index contributed by atoms with van der Waals surface area (Å²) >= 11 is 0. The quantitative estimate of drug-likeness (QED) is 0.257. The summed E-state index contributed by atoms with van der Waals surface area (Å²) < 4.78 is 19.8. The molecule has 0 unspecified atom stereocenters. The summed E-state index contributed by atoms with van der Waals surface area (Å²) in [6, 6.07) is 0. The van der Waals surface area contributed by atoms with Gasteiger partial charge in [-0.25, -0.2) is 0 Å². The molecule has 0 bridgehead atoms. The molecule has 373 valence electrons. The van der Waals surface area contributed by atoms with Crippen molar-refractivity contribution < 1.29 is 37.8 Å². The van der Waals surface area contributed by atoms with E-state index in [4.69, 9.17) is 18.9 Å². The van der Waals surface area contributed by atoms with Crippen molar-refractivity contribution in [1.29, 1.82) is 0 Å². The Hall–Kier alpha value is 1.74. The molecule has 0 aliphatic carbocycles. The van der Waals surface area contributed by atoms with Crippen LogP contribution in [0.15, 0.2) is 0 Å². The molecular weight excluding hydrogens is 864 g/mol. The van der Waals surface area contributed by atoms with Crippen molar-refractivity contribution >= 4 is 45.1 Å². The van der Waals surface area contributed by atoms with Crippen molar-refractivity contribution in [3.05, 3.63) is 0 Å². The monoisotopic (exact) mass is 980 g/mol. The van der Waals surface area contributed by atoms with E-state index in [9.17, 15) is 0 Å². The fraction of sp³-hybridized carbons (Fsp3) is 1.00. The molecule has 4 aliphatic heterocycles. The van der Waals surface area contributed by atoms with Gasteiger partial charge in [0.25, 0.3) is 0 Å². The molecule has 0 aromatic carbocycles. The van der Waals surface area contributed by atoms with Gasteiger partial charge in [0.1, 0.15) is 0 Å². The number of hydrogen-bond acceptors (Lipinski definition) is 4. The number of hydrogen-bond donors (Lipinski definition) is 0. The first-order valence-corrected chi connectivity index (χ1v) is 43.6. The van der Waals surface area contributed by atoms with E-state index in [2.05, 4.69) is 192 Å². The smallest absolute Gasteiger partial charge is 0.381 e. The average molecular weight is 981 g/mol. The Bertz CT molecular complexity index is 973. The Kier molecular flexibility index (Phi) is 26.7. The molecule has 0 saturated carbocycles. The zero-order valence-electron chi connectivity index (χ0n) is 48.9. The van der Waals surface area contributed by atoms with E-state index in [1.54, 1.807) is 0 Å². The Morgan fingerprint density at radius 1 is 0.286 bits per heavy atom. The largest absolute Gasteiger partial charge is 1.00 e. The Morgan fingerprint density at radius 2 is 0.429 bits per heavy atom. The predicted molar refractivity (Wildman–Crippen MR) is 296 cm³/mol. The van der Waals surface area contributed by atoms with E-state index in [1.165, 1.54) is 51.4 Å². The normalized spacial score (nSPS) is 19.0. The van der Waals surface area contributed by atoms with Crippen LogP contribution in [0.3, 0.4) is 0 Å². The molecule has 4 nitrogen and oxygen atoms in total. The molecular formula is C52H116LiO4Si6. The molecule has 0 spiro atoms. The van der Waals surface area contributed by atoms with Gasteiger partial charge in [0, 0.05) is 68.0 Å². The SMILES string of the molecule is C1CCOC1.C1CCOC1.C1CCOC1.C1CCOC1.CC(C)(C)[Si](C)([Si]([Si-]([Si](C)(C(C)(C)C)C(C)(C)C)[Si](C)(C(C)(C)C)C(C)(C)C)[Si](C)(C(C)(C)C)C(C)(C)C)C(C)(C)C.[Li+]. The second-order valence-corrected chi connectivity index (χ2v) is 81.0. The molecule has 4 heterocycles. The van der Waals surface area contributed by atoms with Gasteiger partial charge < -0.3 is 18.9 Å². The van der Waals surface area contributed by atoms with E-state index < -0.39 is 45.1 Å². The van der Waals surface area contributed by atoms with E-state index in [0.717, 1.165) is 52.9 Å². The number of rotatable bonds is 5. The van der Waals surface area contributed by atoms with Crippen LogP contribution in [0.5, 0.6) is 0 Å². The first-order valence-electron chi connectivity index (χ1n) is 25.6. The van der Waals surface area contributed by atoms with Crippen LogP contribution in [0.1, 0.15) is 218 Å². The molecule has 4 aliphatic rings. The summed E-state index contributed by atoms with van der Waals surface area (Å²) in [5.41, 5.74) is 0. The summed E-state index contributed by atoms with van der Waals surface area (Å²) in [6.45, 7) is 85.2. The molecule has 4 saturated heterocycles. The van der Waals surface area contributed by atoms with E-state index in [-0.39, 0.29) is 18.9 Å². The van der Waals surface area contributed by atoms with E-state index >= 15 is 0 Å². The second kappa shape index (κ2) is 25.2. The van der Waals surface area contributed by atoms with Crippen LogP contribution in [0.4, 0.5) is 0 Å². The summed E-state index contributed by atoms with van der Waals surface area (Å²) in [5.74, 6) is 0. The zero-order chi connectivity index (χ0) is 49.3. The zero-order valence-corrected chi connectivity index (χ0v) is 54.9. The third-order valence-corrected chi connectivity index (χ3v) is 132. The molecule has 0 aromatic heterocycles. The minimum Gasteiger partial charge on any atom is -0.381 e. The Balaban J connectivity index is 0. The maximum absolute atomic E-state index is 4.94. The fourth-order valence-corrected chi connectivity index (χ4v) is 205. The van der Waals surface area contributed by atoms with Crippen molar-refractivity contribution in [2.45, 2.75) is 284 Å². The van der Waals surface area contributed by atoms with Gasteiger partial charge in [-0.1, -0.05) is 228 Å². The second-order valence-electron chi connectivity index (χ2n) is 28.5. The minimum absolute atomic E-state index is 0. The summed E-state index contributed by atoms with van der Waals surface area (Å²) in [7, 11) is -9.48. The van der Waals surface area contributed by atoms with Crippen LogP contribution in [0.25, 0.3) is 0 Å². The van der Waals surface area contributed by atoms with Gasteiger partial charge in [-0.05, 0) is 71.5 Å². The van der Waals surface area contributed by atoms with Gasteiger partial charge in [0.05, 0.1) is 0 Å². The van der Waals surface area contributed by atoms with Gasteiger partial charge >= 0.3 is 18.9 Å². The molecule has 4 fully saturated rings. The molecule has 0 aromatic rings. The van der Waals surface area contributed by atoms with Crippen LogP contribution < -0.4 is 18.9 Å². The average Bonchev–Trinajstić information content (AvgIpc) is 3.93. The van der Waals surface area contributed by atoms with Crippen molar-refractivity contribution in [2.75, 3.05) is 52.9 Å². The maximum Gasteiger partial charge on any atom is 1.00 e. The summed E-state index contributed by atoms with van der Waals surface area (Å²) in [6.07, 6.45) is 10.2. The predicted octanol–water partition coefficient (Wildman–Crippen LogP) is 14.3. The fourth-order valence-electron chi connectivity index (χ4n) is 11.5. The Morgan fingerprint density at radius 3 is 0.508 bits per heavy atom. The molecule has 0 amide bonds. The van der Waals surface area contributed by atoms with Gasteiger partial charge in [0.2, 0.25) is 0 Å². The Labute approximate surface area is 417 Å². The van der Waals surface area contributed by atoms with E-state index in [0.29, 0.717) is 40.3 Å². The van der Waals surface area contributed by atoms with Crippen molar-refractivity contribution in [2.24, 2.45) is 0 Å². The van der Waals surface area contributed by atoms with Gasteiger partial charge in [-0.3, -0.25) is 7.35 Å². The van der Waals surface area contributed by atoms with Crippen LogP contribution >= 0.6 is 0 Å². The van der Waals surface area contributed by atoms with Crippen LogP contribution in [0.2, 0.25) is 66.5 Å². The molecule has 1 radical (unpaired) electrons. The van der Waals surface area contributed by atoms with Gasteiger partial charge in [-0.15, -0.1) is 7.35 Å². The molecule has 0 N–H and O–H groups in total. The van der Waals surface area contributed by atoms with Crippen LogP contribution in [0, 0.1) is 0 Å². The van der Waals surface area contributed by atoms with Gasteiger partial charge in [0.15, 0.2) is 0 Å². The van der Waals surface area contributed by atoms with Crippen molar-refractivity contribution in [1.82, 2.24) is 0 Å². The first kappa shape index (κ1) is 66.8. The van der Waals surface area contributed by atoms with Crippen LogP contribution in [-0.2, 0) is 18.9 Å². The molecule has 63 heavy (non-hydrogen) atoms. The van der Waals surface area contributed by atoms with Crippen molar-refractivity contribution in [3.63, 3.8) is 0 Å². The third kappa shape index (κ3) is 16.4.